The van der Waals surface area contributed by atoms with Crippen molar-refractivity contribution in [3.8, 4) is 11.1 Å². The number of hydrogen-bond acceptors (Lipinski definition) is 4. The van der Waals surface area contributed by atoms with Crippen LogP contribution in [0.3, 0.4) is 0 Å². The predicted octanol–water partition coefficient (Wildman–Crippen LogP) is 4.45. The Hall–Kier alpha value is -2.74. The Morgan fingerprint density at radius 3 is 2.63 bits per heavy atom. The Bertz CT molecular complexity index is 1360. The third kappa shape index (κ3) is 3.96. The molecule has 0 aliphatic rings. The van der Waals surface area contributed by atoms with Crippen molar-refractivity contribution in [2.24, 2.45) is 0 Å². The third-order valence-electron chi connectivity index (χ3n) is 4.92. The highest BCUT2D eigenvalue weighted by Crippen LogP contribution is 2.28. The van der Waals surface area contributed by atoms with Crippen molar-refractivity contribution in [3.05, 3.63) is 82.3 Å². The van der Waals surface area contributed by atoms with Gasteiger partial charge in [-0.05, 0) is 61.7 Å². The summed E-state index contributed by atoms with van der Waals surface area (Å²) >= 11 is 5.99. The van der Waals surface area contributed by atoms with E-state index in [-0.39, 0.29) is 11.4 Å². The fraction of sp³-hybridized carbons (Fsp3) is 0.182. The topological polar surface area (TPSA) is 76.4 Å². The summed E-state index contributed by atoms with van der Waals surface area (Å²) in [7, 11) is -3.73. The minimum absolute atomic E-state index is 0.156. The lowest BCUT2D eigenvalue weighted by molar-refractivity contribution is 0.580. The molecule has 154 valence electrons. The zero-order valence-electron chi connectivity index (χ0n) is 16.8. The minimum atomic E-state index is -3.73. The Balaban J connectivity index is 1.71. The van der Waals surface area contributed by atoms with Crippen molar-refractivity contribution in [2.45, 2.75) is 32.2 Å². The predicted molar refractivity (Wildman–Crippen MR) is 118 cm³/mol. The van der Waals surface area contributed by atoms with Crippen LogP contribution in [0, 0.1) is 20.8 Å². The molecular weight excluding hydrogens is 420 g/mol. The van der Waals surface area contributed by atoms with Gasteiger partial charge in [0.2, 0.25) is 10.0 Å². The summed E-state index contributed by atoms with van der Waals surface area (Å²) < 4.78 is 30.5. The lowest BCUT2D eigenvalue weighted by Crippen LogP contribution is -2.24. The SMILES string of the molecule is Cc1cc(C)n2ncc(-c3ccc(C)c(S(=O)(=O)NCc4cccc(Cl)c4)c3)c2n1. The van der Waals surface area contributed by atoms with Crippen LogP contribution in [0.15, 0.2) is 59.6 Å². The molecule has 8 heteroatoms. The molecule has 4 rings (SSSR count). The summed E-state index contributed by atoms with van der Waals surface area (Å²) in [5.74, 6) is 0. The van der Waals surface area contributed by atoms with Crippen LogP contribution in [-0.4, -0.2) is 23.0 Å². The van der Waals surface area contributed by atoms with Crippen molar-refractivity contribution < 1.29 is 8.42 Å². The first-order valence-electron chi connectivity index (χ1n) is 9.42. The van der Waals surface area contributed by atoms with Gasteiger partial charge in [-0.15, -0.1) is 0 Å². The summed E-state index contributed by atoms with van der Waals surface area (Å²) in [5.41, 5.74) is 5.53. The molecule has 6 nitrogen and oxygen atoms in total. The average Bonchev–Trinajstić information content (AvgIpc) is 3.11. The van der Waals surface area contributed by atoms with Gasteiger partial charge >= 0.3 is 0 Å². The molecule has 30 heavy (non-hydrogen) atoms. The first kappa shape index (κ1) is 20.5. The van der Waals surface area contributed by atoms with E-state index in [1.165, 1.54) is 0 Å². The van der Waals surface area contributed by atoms with Crippen LogP contribution in [-0.2, 0) is 16.6 Å². The molecule has 2 heterocycles. The number of aromatic nitrogens is 3. The lowest BCUT2D eigenvalue weighted by Gasteiger charge is -2.11. The molecule has 0 aliphatic carbocycles. The number of sulfonamides is 1. The van der Waals surface area contributed by atoms with Gasteiger partial charge in [0, 0.05) is 28.5 Å². The zero-order valence-corrected chi connectivity index (χ0v) is 18.4. The molecule has 1 N–H and O–H groups in total. The highest BCUT2D eigenvalue weighted by molar-refractivity contribution is 7.89. The molecule has 0 radical (unpaired) electrons. The molecule has 0 saturated carbocycles. The molecule has 0 bridgehead atoms. The maximum atomic E-state index is 13.0. The molecule has 0 fully saturated rings. The maximum absolute atomic E-state index is 13.0. The van der Waals surface area contributed by atoms with Crippen molar-refractivity contribution in [2.75, 3.05) is 0 Å². The monoisotopic (exact) mass is 440 g/mol. The smallest absolute Gasteiger partial charge is 0.233 e. The maximum Gasteiger partial charge on any atom is 0.241 e. The molecule has 4 aromatic rings. The number of aryl methyl sites for hydroxylation is 3. The van der Waals surface area contributed by atoms with Gasteiger partial charge in [0.25, 0.3) is 0 Å². The average molecular weight is 441 g/mol. The van der Waals surface area contributed by atoms with E-state index in [0.717, 1.165) is 28.1 Å². The van der Waals surface area contributed by atoms with Gasteiger partial charge in [-0.1, -0.05) is 35.9 Å². The number of rotatable bonds is 5. The van der Waals surface area contributed by atoms with E-state index in [4.69, 9.17) is 11.6 Å². The molecule has 2 aromatic heterocycles. The Morgan fingerprint density at radius 1 is 1.07 bits per heavy atom. The van der Waals surface area contributed by atoms with Gasteiger partial charge in [0.1, 0.15) is 0 Å². The Morgan fingerprint density at radius 2 is 1.87 bits per heavy atom. The molecule has 0 amide bonds. The van der Waals surface area contributed by atoms with Crippen LogP contribution < -0.4 is 4.72 Å². The first-order valence-corrected chi connectivity index (χ1v) is 11.3. The van der Waals surface area contributed by atoms with Crippen LogP contribution >= 0.6 is 11.6 Å². The Labute approximate surface area is 180 Å². The van der Waals surface area contributed by atoms with Gasteiger partial charge in [-0.25, -0.2) is 22.6 Å². The summed E-state index contributed by atoms with van der Waals surface area (Å²) in [6.45, 7) is 5.82. The van der Waals surface area contributed by atoms with E-state index in [2.05, 4.69) is 14.8 Å². The lowest BCUT2D eigenvalue weighted by atomic mass is 10.1. The second kappa shape index (κ2) is 7.83. The molecule has 0 unspecified atom stereocenters. The second-order valence-corrected chi connectivity index (χ2v) is 9.44. The van der Waals surface area contributed by atoms with E-state index in [1.54, 1.807) is 48.0 Å². The number of benzene rings is 2. The van der Waals surface area contributed by atoms with E-state index in [0.29, 0.717) is 16.2 Å². The van der Waals surface area contributed by atoms with Crippen LogP contribution in [0.5, 0.6) is 0 Å². The number of fused-ring (bicyclic) bond motifs is 1. The van der Waals surface area contributed by atoms with Crippen molar-refractivity contribution >= 4 is 27.3 Å². The van der Waals surface area contributed by atoms with Crippen LogP contribution in [0.4, 0.5) is 0 Å². The molecular formula is C22H21ClN4O2S. The summed E-state index contributed by atoms with van der Waals surface area (Å²) in [4.78, 5) is 4.82. The normalized spacial score (nSPS) is 11.9. The van der Waals surface area contributed by atoms with Crippen molar-refractivity contribution in [3.63, 3.8) is 0 Å². The van der Waals surface area contributed by atoms with Gasteiger partial charge in [0.05, 0.1) is 11.1 Å². The van der Waals surface area contributed by atoms with Crippen molar-refractivity contribution in [1.29, 1.82) is 0 Å². The highest BCUT2D eigenvalue weighted by Gasteiger charge is 2.19. The fourth-order valence-corrected chi connectivity index (χ4v) is 4.93. The van der Waals surface area contributed by atoms with Gasteiger partial charge in [0.15, 0.2) is 5.65 Å². The number of hydrogen-bond donors (Lipinski definition) is 1. The standard InChI is InChI=1S/C22H21ClN4O2S/c1-14-7-8-18(20-13-24-27-16(3)9-15(2)26-22(20)27)11-21(14)30(28,29)25-12-17-5-4-6-19(23)10-17/h4-11,13,25H,12H2,1-3H3. The number of nitrogens with zero attached hydrogens (tertiary/aromatic N) is 3. The number of nitrogens with one attached hydrogen (secondary N) is 1. The molecule has 0 aliphatic heterocycles. The molecule has 0 saturated heterocycles. The first-order chi connectivity index (χ1) is 14.2. The molecule has 0 spiro atoms. The molecule has 0 atom stereocenters. The molecule has 2 aromatic carbocycles. The van der Waals surface area contributed by atoms with E-state index in [1.807, 2.05) is 32.0 Å². The van der Waals surface area contributed by atoms with Gasteiger partial charge in [-0.3, -0.25) is 0 Å². The van der Waals surface area contributed by atoms with Crippen LogP contribution in [0.25, 0.3) is 16.8 Å². The van der Waals surface area contributed by atoms with Gasteiger partial charge < -0.3 is 0 Å². The largest absolute Gasteiger partial charge is 0.241 e. The summed E-state index contributed by atoms with van der Waals surface area (Å²) in [6, 6.07) is 14.4. The minimum Gasteiger partial charge on any atom is -0.233 e. The van der Waals surface area contributed by atoms with E-state index < -0.39 is 10.0 Å². The number of halogens is 1. The van der Waals surface area contributed by atoms with Crippen LogP contribution in [0.2, 0.25) is 5.02 Å². The summed E-state index contributed by atoms with van der Waals surface area (Å²) in [5, 5.41) is 4.98. The fourth-order valence-electron chi connectivity index (χ4n) is 3.43. The van der Waals surface area contributed by atoms with E-state index in [9.17, 15) is 8.42 Å². The van der Waals surface area contributed by atoms with Crippen molar-refractivity contribution in [1.82, 2.24) is 19.3 Å². The quantitative estimate of drug-likeness (QED) is 0.497. The van der Waals surface area contributed by atoms with E-state index >= 15 is 0 Å². The van der Waals surface area contributed by atoms with Gasteiger partial charge in [-0.2, -0.15) is 5.10 Å². The highest BCUT2D eigenvalue weighted by atomic mass is 35.5. The third-order valence-corrected chi connectivity index (χ3v) is 6.70. The summed E-state index contributed by atoms with van der Waals surface area (Å²) in [6.07, 6.45) is 1.72. The second-order valence-electron chi connectivity index (χ2n) is 7.27. The zero-order chi connectivity index (χ0) is 21.5. The Kier molecular flexibility index (Phi) is 5.36. The van der Waals surface area contributed by atoms with Crippen LogP contribution in [0.1, 0.15) is 22.5 Å².